The van der Waals surface area contributed by atoms with Gasteiger partial charge in [0.15, 0.2) is 5.69 Å². The van der Waals surface area contributed by atoms with Crippen molar-refractivity contribution in [2.24, 2.45) is 0 Å². The molecule has 3 aromatic rings. The van der Waals surface area contributed by atoms with E-state index >= 15 is 0 Å². The van der Waals surface area contributed by atoms with Gasteiger partial charge in [0.25, 0.3) is 5.91 Å². The zero-order chi connectivity index (χ0) is 21.6. The Bertz CT molecular complexity index is 1010. The lowest BCUT2D eigenvalue weighted by atomic mass is 9.94. The predicted molar refractivity (Wildman–Crippen MR) is 117 cm³/mol. The van der Waals surface area contributed by atoms with Crippen LogP contribution in [-0.2, 0) is 4.79 Å². The highest BCUT2D eigenvalue weighted by Crippen LogP contribution is 2.30. The van der Waals surface area contributed by atoms with Gasteiger partial charge in [0.2, 0.25) is 5.91 Å². The summed E-state index contributed by atoms with van der Waals surface area (Å²) in [6.07, 6.45) is 6.55. The molecule has 0 unspecified atom stereocenters. The summed E-state index contributed by atoms with van der Waals surface area (Å²) in [5, 5.41) is 3.14. The Kier molecular flexibility index (Phi) is 6.66. The lowest BCUT2D eigenvalue weighted by Crippen LogP contribution is -2.47. The molecule has 1 aliphatic carbocycles. The minimum absolute atomic E-state index is 0.0820. The van der Waals surface area contributed by atoms with Crippen molar-refractivity contribution < 1.29 is 14.0 Å². The maximum absolute atomic E-state index is 13.6. The topological polar surface area (TPSA) is 75.2 Å². The molecule has 160 valence electrons. The highest BCUT2D eigenvalue weighted by Gasteiger charge is 2.35. The molecule has 0 radical (unpaired) electrons. The van der Waals surface area contributed by atoms with E-state index in [2.05, 4.69) is 14.1 Å². The van der Waals surface area contributed by atoms with Crippen molar-refractivity contribution in [2.75, 3.05) is 4.90 Å². The van der Waals surface area contributed by atoms with Gasteiger partial charge >= 0.3 is 0 Å². The zero-order valence-electron chi connectivity index (χ0n) is 16.9. The Morgan fingerprint density at radius 2 is 1.74 bits per heavy atom. The zero-order valence-corrected chi connectivity index (χ0v) is 17.7. The number of carbonyl (C=O) groups excluding carboxylic acids is 2. The molecule has 6 nitrogen and oxygen atoms in total. The lowest BCUT2D eigenvalue weighted by molar-refractivity contribution is -0.123. The summed E-state index contributed by atoms with van der Waals surface area (Å²) in [5.74, 6) is -1.15. The molecule has 1 saturated carbocycles. The third-order valence-electron chi connectivity index (χ3n) is 5.48. The van der Waals surface area contributed by atoms with Gasteiger partial charge in [-0.3, -0.25) is 14.5 Å². The molecule has 0 aliphatic heterocycles. The van der Waals surface area contributed by atoms with Crippen LogP contribution in [0, 0.1) is 5.82 Å². The molecule has 0 spiro atoms. The molecule has 4 rings (SSSR count). The van der Waals surface area contributed by atoms with E-state index in [-0.39, 0.29) is 17.6 Å². The fourth-order valence-electron chi connectivity index (χ4n) is 3.95. The molecular weight excluding hydrogens is 415 g/mol. The quantitative estimate of drug-likeness (QED) is 0.614. The van der Waals surface area contributed by atoms with Crippen molar-refractivity contribution in [3.05, 3.63) is 77.9 Å². The SMILES string of the molecule is O=C(NC1CCCCC1)[C@@H](c1ccccc1)N(C(=O)c1cnsn1)c1ccc(F)cc1. The first kappa shape index (κ1) is 21.1. The summed E-state index contributed by atoms with van der Waals surface area (Å²) in [5.41, 5.74) is 1.21. The summed E-state index contributed by atoms with van der Waals surface area (Å²) >= 11 is 0.919. The highest BCUT2D eigenvalue weighted by molar-refractivity contribution is 6.99. The first-order chi connectivity index (χ1) is 15.1. The van der Waals surface area contributed by atoms with Crippen LogP contribution in [0.5, 0.6) is 0 Å². The number of amides is 2. The molecule has 2 amide bonds. The molecule has 1 aromatic heterocycles. The third kappa shape index (κ3) is 4.96. The summed E-state index contributed by atoms with van der Waals surface area (Å²) in [4.78, 5) is 28.4. The van der Waals surface area contributed by atoms with E-state index in [0.29, 0.717) is 11.3 Å². The van der Waals surface area contributed by atoms with Gasteiger partial charge in [-0.1, -0.05) is 49.6 Å². The Morgan fingerprint density at radius 3 is 2.39 bits per heavy atom. The smallest absolute Gasteiger partial charge is 0.280 e. The largest absolute Gasteiger partial charge is 0.351 e. The second kappa shape index (κ2) is 9.78. The van der Waals surface area contributed by atoms with Crippen molar-refractivity contribution >= 4 is 29.2 Å². The Labute approximate surface area is 184 Å². The maximum atomic E-state index is 13.6. The predicted octanol–water partition coefficient (Wildman–Crippen LogP) is 4.51. The van der Waals surface area contributed by atoms with E-state index in [4.69, 9.17) is 0 Å². The van der Waals surface area contributed by atoms with Crippen LogP contribution in [0.15, 0.2) is 60.8 Å². The van der Waals surface area contributed by atoms with Crippen molar-refractivity contribution in [3.63, 3.8) is 0 Å². The third-order valence-corrected chi connectivity index (χ3v) is 5.96. The number of aromatic nitrogens is 2. The highest BCUT2D eigenvalue weighted by atomic mass is 32.1. The van der Waals surface area contributed by atoms with Gasteiger partial charge in [-0.2, -0.15) is 8.75 Å². The number of halogens is 1. The van der Waals surface area contributed by atoms with Crippen LogP contribution < -0.4 is 10.2 Å². The van der Waals surface area contributed by atoms with Gasteiger partial charge in [-0.15, -0.1) is 0 Å². The molecule has 1 aliphatic rings. The Morgan fingerprint density at radius 1 is 1.03 bits per heavy atom. The van der Waals surface area contributed by atoms with Crippen molar-refractivity contribution in [1.29, 1.82) is 0 Å². The van der Waals surface area contributed by atoms with Crippen LogP contribution in [0.1, 0.15) is 54.2 Å². The molecule has 1 heterocycles. The summed E-state index contributed by atoms with van der Waals surface area (Å²) in [6, 6.07) is 13.8. The second-order valence-corrected chi connectivity index (χ2v) is 8.16. The fourth-order valence-corrected chi connectivity index (χ4v) is 4.35. The van der Waals surface area contributed by atoms with Crippen molar-refractivity contribution in [2.45, 2.75) is 44.2 Å². The van der Waals surface area contributed by atoms with E-state index in [1.165, 1.54) is 41.8 Å². The average molecular weight is 439 g/mol. The second-order valence-electron chi connectivity index (χ2n) is 7.60. The van der Waals surface area contributed by atoms with Crippen LogP contribution >= 0.6 is 11.7 Å². The number of rotatable bonds is 6. The van der Waals surface area contributed by atoms with Gasteiger partial charge in [-0.05, 0) is 42.7 Å². The number of carbonyl (C=O) groups is 2. The summed E-state index contributed by atoms with van der Waals surface area (Å²) in [6.45, 7) is 0. The van der Waals surface area contributed by atoms with Gasteiger partial charge < -0.3 is 5.32 Å². The van der Waals surface area contributed by atoms with E-state index < -0.39 is 17.8 Å². The standard InChI is InChI=1S/C23H23FN4O2S/c24-17-11-13-19(14-12-17)28(23(30)20-15-25-31-27-20)21(16-7-3-1-4-8-16)22(29)26-18-9-5-2-6-10-18/h1,3-4,7-8,11-15,18,21H,2,5-6,9-10H2,(H,26,29)/t21-/m1/s1. The molecule has 0 bridgehead atoms. The number of benzene rings is 2. The number of anilines is 1. The number of hydrogen-bond donors (Lipinski definition) is 1. The Hall–Kier alpha value is -3.13. The van der Waals surface area contributed by atoms with Crippen LogP contribution in [0.25, 0.3) is 0 Å². The van der Waals surface area contributed by atoms with E-state index in [1.807, 2.05) is 30.3 Å². The molecule has 1 fully saturated rings. The number of nitrogens with zero attached hydrogens (tertiary/aromatic N) is 3. The molecule has 2 aromatic carbocycles. The normalized spacial score (nSPS) is 15.3. The van der Waals surface area contributed by atoms with Gasteiger partial charge in [0.05, 0.1) is 17.9 Å². The molecule has 8 heteroatoms. The minimum atomic E-state index is -0.928. The molecule has 1 atom stereocenters. The summed E-state index contributed by atoms with van der Waals surface area (Å²) in [7, 11) is 0. The van der Waals surface area contributed by atoms with Crippen molar-refractivity contribution in [3.8, 4) is 0 Å². The lowest BCUT2D eigenvalue weighted by Gasteiger charge is -2.33. The number of hydrogen-bond acceptors (Lipinski definition) is 5. The van der Waals surface area contributed by atoms with Gasteiger partial charge in [-0.25, -0.2) is 4.39 Å². The van der Waals surface area contributed by atoms with E-state index in [0.717, 1.165) is 37.4 Å². The first-order valence-corrected chi connectivity index (χ1v) is 11.1. The average Bonchev–Trinajstić information content (AvgIpc) is 3.34. The summed E-state index contributed by atoms with van der Waals surface area (Å²) < 4.78 is 21.6. The van der Waals surface area contributed by atoms with E-state index in [9.17, 15) is 14.0 Å². The van der Waals surface area contributed by atoms with Crippen LogP contribution in [0.3, 0.4) is 0 Å². The monoisotopic (exact) mass is 438 g/mol. The van der Waals surface area contributed by atoms with Crippen LogP contribution in [0.2, 0.25) is 0 Å². The van der Waals surface area contributed by atoms with Crippen molar-refractivity contribution in [1.82, 2.24) is 14.1 Å². The molecular formula is C23H23FN4O2S. The van der Waals surface area contributed by atoms with Gasteiger partial charge in [0, 0.05) is 11.7 Å². The van der Waals surface area contributed by atoms with Crippen LogP contribution in [0.4, 0.5) is 10.1 Å². The maximum Gasteiger partial charge on any atom is 0.280 e. The molecule has 1 N–H and O–H groups in total. The van der Waals surface area contributed by atoms with Gasteiger partial charge in [0.1, 0.15) is 11.9 Å². The number of nitrogens with one attached hydrogen (secondary N) is 1. The van der Waals surface area contributed by atoms with Crippen LogP contribution in [-0.4, -0.2) is 26.6 Å². The minimum Gasteiger partial charge on any atom is -0.351 e. The molecule has 31 heavy (non-hydrogen) atoms. The molecule has 0 saturated heterocycles. The first-order valence-electron chi connectivity index (χ1n) is 10.4. The Balaban J connectivity index is 1.76. The fraction of sp³-hybridized carbons (Fsp3) is 0.304. The van der Waals surface area contributed by atoms with E-state index in [1.54, 1.807) is 0 Å².